The van der Waals surface area contributed by atoms with Gasteiger partial charge in [0.1, 0.15) is 5.75 Å². The fraction of sp³-hybridized carbons (Fsp3) is 0.348. The average molecular weight is 444 g/mol. The van der Waals surface area contributed by atoms with E-state index in [1.807, 2.05) is 6.07 Å². The zero-order valence-electron chi connectivity index (χ0n) is 17.9. The SMILES string of the molecule is CCCCOc1ccccc1C(=O)NC(=S)Nc1ccc(C(=O)NCCCOC)cc1. The van der Waals surface area contributed by atoms with Gasteiger partial charge >= 0.3 is 0 Å². The summed E-state index contributed by atoms with van der Waals surface area (Å²) < 4.78 is 10.7. The maximum atomic E-state index is 12.6. The Bertz CT molecular complexity index is 871. The summed E-state index contributed by atoms with van der Waals surface area (Å²) >= 11 is 5.25. The third-order valence-corrected chi connectivity index (χ3v) is 4.53. The molecule has 0 bridgehead atoms. The fourth-order valence-corrected chi connectivity index (χ4v) is 2.88. The Morgan fingerprint density at radius 2 is 1.71 bits per heavy atom. The number of carbonyl (C=O) groups excluding carboxylic acids is 2. The van der Waals surface area contributed by atoms with Gasteiger partial charge in [-0.2, -0.15) is 0 Å². The Kier molecular flexibility index (Phi) is 10.5. The molecule has 7 nitrogen and oxygen atoms in total. The van der Waals surface area contributed by atoms with Crippen LogP contribution in [0.25, 0.3) is 0 Å². The molecule has 0 saturated carbocycles. The first-order valence-electron chi connectivity index (χ1n) is 10.3. The minimum atomic E-state index is -0.350. The number of para-hydroxylation sites is 1. The van der Waals surface area contributed by atoms with Gasteiger partial charge < -0.3 is 20.1 Å². The molecule has 0 aliphatic carbocycles. The highest BCUT2D eigenvalue weighted by Gasteiger charge is 2.14. The van der Waals surface area contributed by atoms with Gasteiger partial charge in [0, 0.05) is 31.5 Å². The minimum Gasteiger partial charge on any atom is -0.493 e. The maximum Gasteiger partial charge on any atom is 0.261 e. The molecule has 166 valence electrons. The van der Waals surface area contributed by atoms with Gasteiger partial charge in [-0.1, -0.05) is 25.5 Å². The van der Waals surface area contributed by atoms with E-state index in [-0.39, 0.29) is 16.9 Å². The predicted octanol–water partition coefficient (Wildman–Crippen LogP) is 3.76. The highest BCUT2D eigenvalue weighted by Crippen LogP contribution is 2.18. The van der Waals surface area contributed by atoms with E-state index in [0.717, 1.165) is 19.3 Å². The lowest BCUT2D eigenvalue weighted by Crippen LogP contribution is -2.34. The van der Waals surface area contributed by atoms with Crippen molar-refractivity contribution in [3.8, 4) is 5.75 Å². The van der Waals surface area contributed by atoms with E-state index in [9.17, 15) is 9.59 Å². The number of rotatable bonds is 11. The van der Waals surface area contributed by atoms with Crippen LogP contribution in [0.1, 0.15) is 46.9 Å². The molecule has 2 rings (SSSR count). The summed E-state index contributed by atoms with van der Waals surface area (Å²) in [5.41, 5.74) is 1.62. The van der Waals surface area contributed by atoms with Gasteiger partial charge in [0.15, 0.2) is 5.11 Å². The summed E-state index contributed by atoms with van der Waals surface area (Å²) in [7, 11) is 1.63. The Balaban J connectivity index is 1.88. The predicted molar refractivity (Wildman–Crippen MR) is 126 cm³/mol. The van der Waals surface area contributed by atoms with Crippen LogP contribution >= 0.6 is 12.2 Å². The van der Waals surface area contributed by atoms with Crippen LogP contribution in [0.2, 0.25) is 0 Å². The lowest BCUT2D eigenvalue weighted by Gasteiger charge is -2.13. The number of thiocarbonyl (C=S) groups is 1. The van der Waals surface area contributed by atoms with E-state index >= 15 is 0 Å². The van der Waals surface area contributed by atoms with Gasteiger partial charge in [-0.25, -0.2) is 0 Å². The van der Waals surface area contributed by atoms with Crippen LogP contribution in [-0.2, 0) is 4.74 Å². The van der Waals surface area contributed by atoms with Gasteiger partial charge in [0.2, 0.25) is 0 Å². The number of benzene rings is 2. The molecule has 3 N–H and O–H groups in total. The van der Waals surface area contributed by atoms with Gasteiger partial charge in [-0.3, -0.25) is 14.9 Å². The molecule has 0 aliphatic rings. The van der Waals surface area contributed by atoms with E-state index in [1.165, 1.54) is 0 Å². The molecule has 0 unspecified atom stereocenters. The standard InChI is InChI=1S/C23H29N3O4S/c1-3-4-16-30-20-9-6-5-8-19(20)22(28)26-23(31)25-18-12-10-17(11-13-18)21(27)24-14-7-15-29-2/h5-6,8-13H,3-4,7,14-16H2,1-2H3,(H,24,27)(H2,25,26,28,31). The summed E-state index contributed by atoms with van der Waals surface area (Å²) in [6, 6.07) is 13.9. The summed E-state index contributed by atoms with van der Waals surface area (Å²) in [6.07, 6.45) is 2.68. The van der Waals surface area contributed by atoms with Crippen LogP contribution in [0.5, 0.6) is 5.75 Å². The summed E-state index contributed by atoms with van der Waals surface area (Å²) in [5, 5.41) is 8.60. The number of nitrogens with one attached hydrogen (secondary N) is 3. The van der Waals surface area contributed by atoms with E-state index in [4.69, 9.17) is 21.7 Å². The smallest absolute Gasteiger partial charge is 0.261 e. The molecule has 0 saturated heterocycles. The first-order chi connectivity index (χ1) is 15.0. The molecule has 0 fully saturated rings. The van der Waals surface area contributed by atoms with Crippen molar-refractivity contribution in [2.45, 2.75) is 26.2 Å². The van der Waals surface area contributed by atoms with E-state index < -0.39 is 0 Å². The van der Waals surface area contributed by atoms with Crippen molar-refractivity contribution in [3.05, 3.63) is 59.7 Å². The van der Waals surface area contributed by atoms with E-state index in [2.05, 4.69) is 22.9 Å². The van der Waals surface area contributed by atoms with E-state index in [1.54, 1.807) is 49.6 Å². The number of ether oxygens (including phenoxy) is 2. The highest BCUT2D eigenvalue weighted by molar-refractivity contribution is 7.80. The lowest BCUT2D eigenvalue weighted by atomic mass is 10.2. The molecule has 8 heteroatoms. The molecule has 0 atom stereocenters. The number of hydrogen-bond acceptors (Lipinski definition) is 5. The van der Waals surface area contributed by atoms with Crippen LogP contribution < -0.4 is 20.7 Å². The normalized spacial score (nSPS) is 10.3. The number of hydrogen-bond donors (Lipinski definition) is 3. The number of amides is 2. The molecule has 2 amide bonds. The lowest BCUT2D eigenvalue weighted by molar-refractivity contribution is 0.0946. The Hall–Kier alpha value is -2.97. The van der Waals surface area contributed by atoms with Crippen LogP contribution in [0.3, 0.4) is 0 Å². The zero-order valence-corrected chi connectivity index (χ0v) is 18.7. The third-order valence-electron chi connectivity index (χ3n) is 4.33. The van der Waals surface area contributed by atoms with Crippen LogP contribution in [-0.4, -0.2) is 43.8 Å². The second kappa shape index (κ2) is 13.4. The van der Waals surface area contributed by atoms with Crippen molar-refractivity contribution in [1.82, 2.24) is 10.6 Å². The quantitative estimate of drug-likeness (QED) is 0.362. The van der Waals surface area contributed by atoms with Crippen molar-refractivity contribution in [3.63, 3.8) is 0 Å². The molecule has 0 aromatic heterocycles. The topological polar surface area (TPSA) is 88.7 Å². The molecule has 0 spiro atoms. The number of anilines is 1. The van der Waals surface area contributed by atoms with Crippen molar-refractivity contribution in [2.24, 2.45) is 0 Å². The molecule has 2 aromatic rings. The molecular formula is C23H29N3O4S. The molecular weight excluding hydrogens is 414 g/mol. The summed E-state index contributed by atoms with van der Waals surface area (Å²) in [5.74, 6) is 0.0204. The van der Waals surface area contributed by atoms with Crippen molar-refractivity contribution >= 4 is 34.8 Å². The van der Waals surface area contributed by atoms with Gasteiger partial charge in [-0.05, 0) is 61.5 Å². The highest BCUT2D eigenvalue weighted by atomic mass is 32.1. The third kappa shape index (κ3) is 8.35. The van der Waals surface area contributed by atoms with Crippen molar-refractivity contribution in [1.29, 1.82) is 0 Å². The largest absolute Gasteiger partial charge is 0.493 e. The van der Waals surface area contributed by atoms with Gasteiger partial charge in [0.25, 0.3) is 11.8 Å². The summed E-state index contributed by atoms with van der Waals surface area (Å²) in [6.45, 7) is 3.78. The Morgan fingerprint density at radius 1 is 0.968 bits per heavy atom. The monoisotopic (exact) mass is 443 g/mol. The molecule has 0 radical (unpaired) electrons. The van der Waals surface area contributed by atoms with Crippen molar-refractivity contribution < 1.29 is 19.1 Å². The minimum absolute atomic E-state index is 0.154. The zero-order chi connectivity index (χ0) is 22.5. The molecule has 31 heavy (non-hydrogen) atoms. The van der Waals surface area contributed by atoms with Crippen LogP contribution in [0.15, 0.2) is 48.5 Å². The Morgan fingerprint density at radius 3 is 2.42 bits per heavy atom. The molecule has 0 aliphatic heterocycles. The van der Waals surface area contributed by atoms with Crippen LogP contribution in [0.4, 0.5) is 5.69 Å². The number of carbonyl (C=O) groups is 2. The van der Waals surface area contributed by atoms with Gasteiger partial charge in [-0.15, -0.1) is 0 Å². The summed E-state index contributed by atoms with van der Waals surface area (Å²) in [4.78, 5) is 24.7. The number of methoxy groups -OCH3 is 1. The first-order valence-corrected chi connectivity index (χ1v) is 10.7. The second-order valence-electron chi connectivity index (χ2n) is 6.79. The second-order valence-corrected chi connectivity index (χ2v) is 7.19. The molecule has 2 aromatic carbocycles. The maximum absolute atomic E-state index is 12.6. The first kappa shape index (κ1) is 24.3. The fourth-order valence-electron chi connectivity index (χ4n) is 2.66. The van der Waals surface area contributed by atoms with Crippen LogP contribution in [0, 0.1) is 0 Å². The number of unbranched alkanes of at least 4 members (excludes halogenated alkanes) is 1. The van der Waals surface area contributed by atoms with Crippen molar-refractivity contribution in [2.75, 3.05) is 32.2 Å². The van der Waals surface area contributed by atoms with E-state index in [0.29, 0.717) is 42.3 Å². The molecule has 0 heterocycles. The average Bonchev–Trinajstić information content (AvgIpc) is 2.77. The Labute approximate surface area is 188 Å². The van der Waals surface area contributed by atoms with Gasteiger partial charge in [0.05, 0.1) is 12.2 Å².